The third kappa shape index (κ3) is 1.29. The zero-order valence-electron chi connectivity index (χ0n) is 13.8. The van der Waals surface area contributed by atoms with Gasteiger partial charge in [0.1, 0.15) is 5.75 Å². The molecule has 5 rings (SSSR count). The van der Waals surface area contributed by atoms with Gasteiger partial charge in [0, 0.05) is 30.1 Å². The molecular weight excluding hydrogens is 272 g/mol. The molecule has 3 heteroatoms. The average molecular weight is 298 g/mol. The molecule has 1 unspecified atom stereocenters. The van der Waals surface area contributed by atoms with Crippen molar-refractivity contribution in [1.29, 1.82) is 0 Å². The van der Waals surface area contributed by atoms with Crippen LogP contribution in [0.1, 0.15) is 67.7 Å². The van der Waals surface area contributed by atoms with E-state index in [-0.39, 0.29) is 0 Å². The number of nitrogens with zero attached hydrogens (tertiary/aromatic N) is 2. The predicted octanol–water partition coefficient (Wildman–Crippen LogP) is 3.79. The molecule has 6 bridgehead atoms. The maximum absolute atomic E-state index is 10.9. The van der Waals surface area contributed by atoms with Crippen LogP contribution >= 0.6 is 0 Å². The molecule has 3 nitrogen and oxygen atoms in total. The van der Waals surface area contributed by atoms with Crippen molar-refractivity contribution in [2.24, 2.45) is 0 Å². The molecule has 1 saturated carbocycles. The van der Waals surface area contributed by atoms with Crippen molar-refractivity contribution in [3.05, 3.63) is 22.3 Å². The maximum atomic E-state index is 10.9. The highest BCUT2D eigenvalue weighted by Crippen LogP contribution is 2.61. The van der Waals surface area contributed by atoms with Gasteiger partial charge in [0.05, 0.1) is 5.69 Å². The molecule has 2 fully saturated rings. The fraction of sp³-hybridized carbons (Fsp3) is 0.684. The van der Waals surface area contributed by atoms with Crippen molar-refractivity contribution in [2.75, 3.05) is 11.6 Å². The van der Waals surface area contributed by atoms with Gasteiger partial charge in [0.15, 0.2) is 0 Å². The Kier molecular flexibility index (Phi) is 2.52. The summed E-state index contributed by atoms with van der Waals surface area (Å²) in [5.41, 5.74) is 7.28. The zero-order valence-corrected chi connectivity index (χ0v) is 13.8. The van der Waals surface area contributed by atoms with Crippen molar-refractivity contribution >= 4 is 5.69 Å². The molecule has 4 aliphatic rings. The number of anilines is 1. The van der Waals surface area contributed by atoms with E-state index in [0.29, 0.717) is 17.2 Å². The Bertz CT molecular complexity index is 668. The van der Waals surface area contributed by atoms with E-state index in [1.54, 1.807) is 11.1 Å². The van der Waals surface area contributed by atoms with E-state index in [4.69, 9.17) is 0 Å². The molecule has 0 spiro atoms. The summed E-state index contributed by atoms with van der Waals surface area (Å²) < 4.78 is 0. The highest BCUT2D eigenvalue weighted by molar-refractivity contribution is 5.75. The topological polar surface area (TPSA) is 26.7 Å². The van der Waals surface area contributed by atoms with Crippen molar-refractivity contribution in [3.63, 3.8) is 0 Å². The summed E-state index contributed by atoms with van der Waals surface area (Å²) in [6, 6.07) is 0.678. The number of hydrazine groups is 1. The van der Waals surface area contributed by atoms with E-state index in [1.165, 1.54) is 43.4 Å². The Morgan fingerprint density at radius 1 is 1.27 bits per heavy atom. The summed E-state index contributed by atoms with van der Waals surface area (Å²) in [5.74, 6) is 0.606. The van der Waals surface area contributed by atoms with Crippen LogP contribution < -0.4 is 5.01 Å². The van der Waals surface area contributed by atoms with Gasteiger partial charge in [-0.3, -0.25) is 0 Å². The highest BCUT2D eigenvalue weighted by atomic mass is 16.3. The number of benzene rings is 1. The smallest absolute Gasteiger partial charge is 0.124 e. The second kappa shape index (κ2) is 4.19. The lowest BCUT2D eigenvalue weighted by atomic mass is 9.59. The van der Waals surface area contributed by atoms with Crippen molar-refractivity contribution < 1.29 is 5.11 Å². The molecular formula is C19H26N2O. The van der Waals surface area contributed by atoms with Crippen LogP contribution in [0.3, 0.4) is 0 Å². The van der Waals surface area contributed by atoms with Gasteiger partial charge in [-0.1, -0.05) is 26.2 Å². The molecule has 1 aliphatic carbocycles. The first-order valence-corrected chi connectivity index (χ1v) is 9.11. The Balaban J connectivity index is 1.86. The van der Waals surface area contributed by atoms with E-state index in [2.05, 4.69) is 23.9 Å². The molecule has 0 aromatic heterocycles. The normalized spacial score (nSPS) is 34.2. The van der Waals surface area contributed by atoms with E-state index in [1.807, 2.05) is 0 Å². The van der Waals surface area contributed by atoms with Crippen molar-refractivity contribution in [3.8, 4) is 5.75 Å². The van der Waals surface area contributed by atoms with Crippen LogP contribution in [0.25, 0.3) is 0 Å². The number of aromatic hydroxyl groups is 1. The quantitative estimate of drug-likeness (QED) is 0.900. The molecule has 1 aromatic rings. The standard InChI is InChI=1S/C19H26N2O/c1-3-6-13-16-14-11-21-15-7-4-5-8-19(15,16)9-10-20(21)17(14)12(2)18(13)22/h15,22H,3-11H2,1-2H3/t15-,19-/m1/s1. The van der Waals surface area contributed by atoms with E-state index >= 15 is 0 Å². The molecule has 0 amide bonds. The third-order valence-corrected chi connectivity index (χ3v) is 6.89. The molecule has 3 atom stereocenters. The van der Waals surface area contributed by atoms with Gasteiger partial charge in [-0.2, -0.15) is 0 Å². The molecule has 118 valence electrons. The molecule has 1 N–H and O–H groups in total. The van der Waals surface area contributed by atoms with Crippen LogP contribution in [0.5, 0.6) is 5.75 Å². The lowest BCUT2D eigenvalue weighted by Crippen LogP contribution is -2.63. The minimum Gasteiger partial charge on any atom is -0.507 e. The van der Waals surface area contributed by atoms with Crippen LogP contribution in [-0.4, -0.2) is 22.7 Å². The summed E-state index contributed by atoms with van der Waals surface area (Å²) in [6.45, 7) is 6.60. The van der Waals surface area contributed by atoms with Gasteiger partial charge < -0.3 is 10.1 Å². The maximum Gasteiger partial charge on any atom is 0.124 e. The number of phenolic OH excluding ortho intramolecular Hbond substituents is 1. The summed E-state index contributed by atoms with van der Waals surface area (Å²) >= 11 is 0. The Hall–Kier alpha value is -1.22. The molecule has 3 heterocycles. The summed E-state index contributed by atoms with van der Waals surface area (Å²) in [7, 11) is 0. The molecule has 1 aromatic carbocycles. The first-order valence-electron chi connectivity index (χ1n) is 9.11. The Morgan fingerprint density at radius 2 is 2.14 bits per heavy atom. The SMILES string of the molecule is CCCc1c(O)c(C)c2c3c1[C@@]14CCCC[C@H]1N(C3)N2CC4. The van der Waals surface area contributed by atoms with E-state index < -0.39 is 0 Å². The monoisotopic (exact) mass is 298 g/mol. The minimum absolute atomic E-state index is 0.337. The second-order valence-electron chi connectivity index (χ2n) is 7.79. The number of phenols is 1. The van der Waals surface area contributed by atoms with Crippen LogP contribution in [0, 0.1) is 6.92 Å². The van der Waals surface area contributed by atoms with Crippen LogP contribution in [0.2, 0.25) is 0 Å². The van der Waals surface area contributed by atoms with Gasteiger partial charge in [0.25, 0.3) is 0 Å². The van der Waals surface area contributed by atoms with Crippen LogP contribution in [-0.2, 0) is 18.4 Å². The van der Waals surface area contributed by atoms with E-state index in [0.717, 1.165) is 31.5 Å². The summed E-state index contributed by atoms with van der Waals surface area (Å²) in [4.78, 5) is 0. The van der Waals surface area contributed by atoms with Gasteiger partial charge in [-0.05, 0) is 49.3 Å². The first-order chi connectivity index (χ1) is 10.7. The van der Waals surface area contributed by atoms with Gasteiger partial charge in [0.2, 0.25) is 0 Å². The van der Waals surface area contributed by atoms with Gasteiger partial charge in [-0.25, -0.2) is 5.01 Å². The number of hydrogen-bond donors (Lipinski definition) is 1. The average Bonchev–Trinajstić information content (AvgIpc) is 2.83. The Morgan fingerprint density at radius 3 is 2.95 bits per heavy atom. The van der Waals surface area contributed by atoms with E-state index in [9.17, 15) is 5.11 Å². The summed E-state index contributed by atoms with van der Waals surface area (Å²) in [6.07, 6.45) is 8.82. The lowest BCUT2D eigenvalue weighted by molar-refractivity contribution is 0.0192. The number of rotatable bonds is 2. The first kappa shape index (κ1) is 13.2. The fourth-order valence-corrected chi connectivity index (χ4v) is 6.14. The second-order valence-corrected chi connectivity index (χ2v) is 7.79. The molecule has 0 radical (unpaired) electrons. The molecule has 22 heavy (non-hydrogen) atoms. The van der Waals surface area contributed by atoms with Gasteiger partial charge >= 0.3 is 0 Å². The van der Waals surface area contributed by atoms with Gasteiger partial charge in [-0.15, -0.1) is 0 Å². The molecule has 3 aliphatic heterocycles. The highest BCUT2D eigenvalue weighted by Gasteiger charge is 2.58. The lowest BCUT2D eigenvalue weighted by Gasteiger charge is -2.56. The summed E-state index contributed by atoms with van der Waals surface area (Å²) in [5, 5.41) is 16.1. The predicted molar refractivity (Wildman–Crippen MR) is 88.3 cm³/mol. The largest absolute Gasteiger partial charge is 0.507 e. The fourth-order valence-electron chi connectivity index (χ4n) is 6.14. The third-order valence-electron chi connectivity index (χ3n) is 6.89. The minimum atomic E-state index is 0.337. The zero-order chi connectivity index (χ0) is 15.1. The van der Waals surface area contributed by atoms with Crippen molar-refractivity contribution in [2.45, 2.75) is 76.8 Å². The van der Waals surface area contributed by atoms with Crippen LogP contribution in [0.4, 0.5) is 5.69 Å². The van der Waals surface area contributed by atoms with Crippen molar-refractivity contribution in [1.82, 2.24) is 5.01 Å². The number of hydrogen-bond acceptors (Lipinski definition) is 3. The Labute approximate surface area is 132 Å². The van der Waals surface area contributed by atoms with Crippen LogP contribution in [0.15, 0.2) is 0 Å². The molecule has 1 saturated heterocycles.